The largest absolute Gasteiger partial charge is 0.297 e. The number of sulfonamides is 1. The average Bonchev–Trinajstić information content (AvgIpc) is 3.29. The summed E-state index contributed by atoms with van der Waals surface area (Å²) in [5, 5.41) is 2.84. The smallest absolute Gasteiger partial charge is 0.276 e. The highest BCUT2D eigenvalue weighted by molar-refractivity contribution is 7.89. The number of aryl methyl sites for hydroxylation is 2. The van der Waals surface area contributed by atoms with E-state index in [4.69, 9.17) is 0 Å². The van der Waals surface area contributed by atoms with Gasteiger partial charge in [0, 0.05) is 24.4 Å². The number of rotatable bonds is 2. The first-order valence-corrected chi connectivity index (χ1v) is 10.2. The van der Waals surface area contributed by atoms with Crippen LogP contribution in [0, 0.1) is 0 Å². The van der Waals surface area contributed by atoms with Gasteiger partial charge in [-0.15, -0.1) is 0 Å². The fourth-order valence-electron chi connectivity index (χ4n) is 3.97. The third-order valence-electron chi connectivity index (χ3n) is 5.37. The lowest BCUT2D eigenvalue weighted by atomic mass is 10.1. The van der Waals surface area contributed by atoms with E-state index in [9.17, 15) is 13.2 Å². The maximum absolute atomic E-state index is 13.1. The molecule has 7 nitrogen and oxygen atoms in total. The molecule has 8 heteroatoms. The molecular weight excluding hydrogens is 352 g/mol. The monoisotopic (exact) mass is 370 g/mol. The van der Waals surface area contributed by atoms with Gasteiger partial charge in [-0.25, -0.2) is 17.9 Å². The van der Waals surface area contributed by atoms with Crippen LogP contribution in [0.3, 0.4) is 0 Å². The molecule has 0 saturated carbocycles. The Kier molecular flexibility index (Phi) is 3.35. The summed E-state index contributed by atoms with van der Waals surface area (Å²) in [6, 6.07) is 7.15. The lowest BCUT2D eigenvalue weighted by Gasteiger charge is -2.27. The number of nitrogens with one attached hydrogen (secondary N) is 1. The van der Waals surface area contributed by atoms with Gasteiger partial charge in [-0.3, -0.25) is 9.89 Å². The zero-order valence-corrected chi connectivity index (χ0v) is 14.9. The van der Waals surface area contributed by atoms with Gasteiger partial charge in [-0.05, 0) is 48.9 Å². The maximum atomic E-state index is 13.1. The predicted molar refractivity (Wildman–Crippen MR) is 95.6 cm³/mol. The van der Waals surface area contributed by atoms with Crippen LogP contribution in [0.25, 0.3) is 5.65 Å². The summed E-state index contributed by atoms with van der Waals surface area (Å²) in [5.74, 6) is 0. The Hall–Kier alpha value is -2.45. The van der Waals surface area contributed by atoms with E-state index in [0.717, 1.165) is 24.8 Å². The fraction of sp³-hybridized carbons (Fsp3) is 0.333. The van der Waals surface area contributed by atoms with Crippen molar-refractivity contribution in [3.05, 3.63) is 63.2 Å². The molecule has 0 atom stereocenters. The Balaban J connectivity index is 1.54. The van der Waals surface area contributed by atoms with Gasteiger partial charge >= 0.3 is 0 Å². The Morgan fingerprint density at radius 2 is 1.92 bits per heavy atom. The van der Waals surface area contributed by atoms with E-state index in [1.165, 1.54) is 14.4 Å². The molecule has 0 amide bonds. The molecule has 1 N–H and O–H groups in total. The lowest BCUT2D eigenvalue weighted by molar-refractivity contribution is 0.383. The van der Waals surface area contributed by atoms with Crippen molar-refractivity contribution < 1.29 is 8.42 Å². The minimum atomic E-state index is -3.60. The zero-order chi connectivity index (χ0) is 17.9. The summed E-state index contributed by atoms with van der Waals surface area (Å²) in [6.45, 7) is 0.418. The quantitative estimate of drug-likeness (QED) is 0.736. The molecule has 3 heterocycles. The Morgan fingerprint density at radius 3 is 2.81 bits per heavy atom. The number of nitrogens with zero attached hydrogens (tertiary/aromatic N) is 3. The zero-order valence-electron chi connectivity index (χ0n) is 14.1. The van der Waals surface area contributed by atoms with Crippen molar-refractivity contribution in [2.45, 2.75) is 37.1 Å². The summed E-state index contributed by atoms with van der Waals surface area (Å²) in [4.78, 5) is 17.3. The molecule has 1 aliphatic carbocycles. The van der Waals surface area contributed by atoms with E-state index in [0.29, 0.717) is 28.2 Å². The molecule has 1 aromatic carbocycles. The fourth-order valence-corrected chi connectivity index (χ4v) is 5.42. The van der Waals surface area contributed by atoms with Crippen LogP contribution >= 0.6 is 0 Å². The van der Waals surface area contributed by atoms with Crippen molar-refractivity contribution in [3.63, 3.8) is 0 Å². The molecule has 1 aliphatic heterocycles. The van der Waals surface area contributed by atoms with Crippen LogP contribution in [0.1, 0.15) is 28.8 Å². The molecule has 0 bridgehead atoms. The summed E-state index contributed by atoms with van der Waals surface area (Å²) in [7, 11) is -3.60. The number of fused-ring (bicyclic) bond motifs is 3. The second-order valence-corrected chi connectivity index (χ2v) is 8.81. The van der Waals surface area contributed by atoms with E-state index >= 15 is 0 Å². The lowest BCUT2D eigenvalue weighted by Crippen LogP contribution is -2.39. The van der Waals surface area contributed by atoms with Crippen molar-refractivity contribution in [2.24, 2.45) is 0 Å². The Morgan fingerprint density at radius 1 is 1.08 bits per heavy atom. The van der Waals surface area contributed by atoms with Gasteiger partial charge in [0.05, 0.1) is 17.1 Å². The van der Waals surface area contributed by atoms with Crippen LogP contribution in [-0.2, 0) is 35.8 Å². The molecule has 0 fully saturated rings. The number of benzene rings is 1. The van der Waals surface area contributed by atoms with Gasteiger partial charge in [0.2, 0.25) is 10.0 Å². The Labute approximate surface area is 150 Å². The van der Waals surface area contributed by atoms with Crippen molar-refractivity contribution >= 4 is 15.7 Å². The van der Waals surface area contributed by atoms with Crippen LogP contribution < -0.4 is 5.56 Å². The first-order chi connectivity index (χ1) is 12.5. The average molecular weight is 370 g/mol. The van der Waals surface area contributed by atoms with Crippen LogP contribution in [0.2, 0.25) is 0 Å². The minimum absolute atomic E-state index is 0.131. The SMILES string of the molecule is O=c1c2c(nc3cc[nH]n13)CN(S(=O)(=O)c1ccc3c(c1)CCC3)CC2. The van der Waals surface area contributed by atoms with Gasteiger partial charge in [0.15, 0.2) is 5.65 Å². The van der Waals surface area contributed by atoms with Crippen molar-refractivity contribution in [3.8, 4) is 0 Å². The number of aromatic amines is 1. The maximum Gasteiger partial charge on any atom is 0.276 e. The molecule has 0 spiro atoms. The number of aromatic nitrogens is 3. The molecular formula is C18H18N4O3S. The molecule has 134 valence electrons. The summed E-state index contributed by atoms with van der Waals surface area (Å²) in [6.07, 6.45) is 5.05. The van der Waals surface area contributed by atoms with Crippen LogP contribution in [0.15, 0.2) is 40.2 Å². The van der Waals surface area contributed by atoms with E-state index < -0.39 is 10.0 Å². The van der Waals surface area contributed by atoms with Crippen LogP contribution in [0.4, 0.5) is 0 Å². The summed E-state index contributed by atoms with van der Waals surface area (Å²) < 4.78 is 29.0. The normalized spacial score (nSPS) is 17.4. The first-order valence-electron chi connectivity index (χ1n) is 8.74. The molecule has 0 saturated heterocycles. The number of hydrogen-bond acceptors (Lipinski definition) is 4. The van der Waals surface area contributed by atoms with Gasteiger partial charge < -0.3 is 0 Å². The molecule has 0 unspecified atom stereocenters. The number of hydrogen-bond donors (Lipinski definition) is 1. The third-order valence-corrected chi connectivity index (χ3v) is 7.21. The standard InChI is InChI=1S/C18H18N4O3S/c23-18-15-7-9-21(11-16(15)20-17-6-8-19-22(17)18)26(24,25)14-5-4-12-2-1-3-13(12)10-14/h4-6,8,10,19H,1-3,7,9,11H2. The van der Waals surface area contributed by atoms with Gasteiger partial charge in [-0.1, -0.05) is 6.07 Å². The second-order valence-electron chi connectivity index (χ2n) is 6.87. The molecule has 2 aliphatic rings. The highest BCUT2D eigenvalue weighted by Crippen LogP contribution is 2.28. The second kappa shape index (κ2) is 5.52. The molecule has 26 heavy (non-hydrogen) atoms. The summed E-state index contributed by atoms with van der Waals surface area (Å²) >= 11 is 0. The molecule has 0 radical (unpaired) electrons. The van der Waals surface area contributed by atoms with Crippen molar-refractivity contribution in [1.82, 2.24) is 18.9 Å². The van der Waals surface area contributed by atoms with Crippen molar-refractivity contribution in [2.75, 3.05) is 6.54 Å². The molecule has 2 aromatic heterocycles. The van der Waals surface area contributed by atoms with Gasteiger partial charge in [-0.2, -0.15) is 4.31 Å². The summed E-state index contributed by atoms with van der Waals surface area (Å²) in [5.41, 5.74) is 3.87. The van der Waals surface area contributed by atoms with E-state index in [1.54, 1.807) is 18.3 Å². The molecule has 3 aromatic rings. The Bertz CT molecular complexity index is 1190. The highest BCUT2D eigenvalue weighted by Gasteiger charge is 2.31. The van der Waals surface area contributed by atoms with E-state index in [2.05, 4.69) is 10.1 Å². The minimum Gasteiger partial charge on any atom is -0.297 e. The van der Waals surface area contributed by atoms with Gasteiger partial charge in [0.1, 0.15) is 0 Å². The van der Waals surface area contributed by atoms with E-state index in [-0.39, 0.29) is 18.6 Å². The van der Waals surface area contributed by atoms with E-state index in [1.807, 2.05) is 12.1 Å². The van der Waals surface area contributed by atoms with Crippen LogP contribution in [0.5, 0.6) is 0 Å². The third kappa shape index (κ3) is 2.25. The number of H-pyrrole nitrogens is 1. The van der Waals surface area contributed by atoms with Crippen molar-refractivity contribution in [1.29, 1.82) is 0 Å². The van der Waals surface area contributed by atoms with Crippen LogP contribution in [-0.4, -0.2) is 33.9 Å². The highest BCUT2D eigenvalue weighted by atomic mass is 32.2. The predicted octanol–water partition coefficient (Wildman–Crippen LogP) is 1.26. The molecule has 5 rings (SSSR count). The topological polar surface area (TPSA) is 87.5 Å². The first kappa shape index (κ1) is 15.8. The van der Waals surface area contributed by atoms with Gasteiger partial charge in [0.25, 0.3) is 5.56 Å².